The van der Waals surface area contributed by atoms with E-state index in [1.165, 1.54) is 20.5 Å². The van der Waals surface area contributed by atoms with Gasteiger partial charge in [0.1, 0.15) is 5.75 Å². The van der Waals surface area contributed by atoms with E-state index in [9.17, 15) is 0 Å². The highest BCUT2D eigenvalue weighted by Crippen LogP contribution is 2.40. The van der Waals surface area contributed by atoms with E-state index >= 15 is 0 Å². The lowest BCUT2D eigenvalue weighted by atomic mass is 9.91. The number of hydrogen-bond donors (Lipinski definition) is 0. The minimum Gasteiger partial charge on any atom is -0.493 e. The van der Waals surface area contributed by atoms with Crippen LogP contribution in [0.4, 0.5) is 0 Å². The molecule has 0 radical (unpaired) electrons. The highest BCUT2D eigenvalue weighted by atomic mass is 32.1. The summed E-state index contributed by atoms with van der Waals surface area (Å²) >= 11 is 1.87. The molecule has 0 amide bonds. The molecular formula is C35H48O4S. The van der Waals surface area contributed by atoms with Gasteiger partial charge >= 0.3 is 0 Å². The van der Waals surface area contributed by atoms with E-state index < -0.39 is 0 Å². The van der Waals surface area contributed by atoms with Crippen molar-refractivity contribution in [1.29, 1.82) is 0 Å². The van der Waals surface area contributed by atoms with Gasteiger partial charge in [0.15, 0.2) is 0 Å². The molecule has 4 rings (SSSR count). The van der Waals surface area contributed by atoms with Crippen molar-refractivity contribution in [3.63, 3.8) is 0 Å². The molecule has 218 valence electrons. The van der Waals surface area contributed by atoms with E-state index in [1.807, 2.05) is 17.4 Å². The Morgan fingerprint density at radius 2 is 1.73 bits per heavy atom. The van der Waals surface area contributed by atoms with Crippen molar-refractivity contribution >= 4 is 27.5 Å². The fraction of sp³-hybridized carbons (Fsp3) is 0.543. The van der Waals surface area contributed by atoms with Gasteiger partial charge < -0.3 is 18.9 Å². The zero-order chi connectivity index (χ0) is 28.2. The van der Waals surface area contributed by atoms with Crippen molar-refractivity contribution in [2.45, 2.75) is 96.9 Å². The number of fused-ring (bicyclic) bond motifs is 1. The van der Waals surface area contributed by atoms with Crippen LogP contribution in [0, 0.1) is 0 Å². The highest BCUT2D eigenvalue weighted by molar-refractivity contribution is 7.19. The van der Waals surface area contributed by atoms with Gasteiger partial charge in [0.05, 0.1) is 31.5 Å². The summed E-state index contributed by atoms with van der Waals surface area (Å²) in [6.45, 7) is 13.6. The van der Waals surface area contributed by atoms with Crippen molar-refractivity contribution in [3.05, 3.63) is 70.6 Å². The smallest absolute Gasteiger partial charge is 0.125 e. The zero-order valence-electron chi connectivity index (χ0n) is 24.8. The molecule has 1 aliphatic heterocycles. The highest BCUT2D eigenvalue weighted by Gasteiger charge is 2.33. The molecular weight excluding hydrogens is 516 g/mol. The van der Waals surface area contributed by atoms with Gasteiger partial charge in [-0.1, -0.05) is 70.9 Å². The van der Waals surface area contributed by atoms with E-state index in [-0.39, 0.29) is 18.3 Å². The molecule has 0 spiro atoms. The maximum atomic E-state index is 6.75. The average Bonchev–Trinajstić information content (AvgIpc) is 3.38. The molecule has 0 N–H and O–H groups in total. The number of ether oxygens (including phenoxy) is 4. The fourth-order valence-corrected chi connectivity index (χ4v) is 6.38. The third kappa shape index (κ3) is 8.66. The van der Waals surface area contributed by atoms with Crippen LogP contribution < -0.4 is 4.74 Å². The lowest BCUT2D eigenvalue weighted by Crippen LogP contribution is -2.36. The summed E-state index contributed by atoms with van der Waals surface area (Å²) in [4.78, 5) is 1.35. The first-order valence-corrected chi connectivity index (χ1v) is 16.2. The van der Waals surface area contributed by atoms with Crippen molar-refractivity contribution < 1.29 is 18.9 Å². The quantitative estimate of drug-likeness (QED) is 0.153. The molecule has 4 nitrogen and oxygen atoms in total. The average molecular weight is 565 g/mol. The van der Waals surface area contributed by atoms with Gasteiger partial charge in [-0.25, -0.2) is 0 Å². The Kier molecular flexibility index (Phi) is 12.5. The Morgan fingerprint density at radius 3 is 2.50 bits per heavy atom. The van der Waals surface area contributed by atoms with Crippen LogP contribution in [0.15, 0.2) is 49.0 Å². The second-order valence-electron chi connectivity index (χ2n) is 10.9. The summed E-state index contributed by atoms with van der Waals surface area (Å²) in [5.41, 5.74) is 3.51. The lowest BCUT2D eigenvalue weighted by molar-refractivity contribution is -0.138. The third-order valence-corrected chi connectivity index (χ3v) is 8.71. The molecule has 1 saturated heterocycles. The van der Waals surface area contributed by atoms with E-state index in [0.29, 0.717) is 13.2 Å². The Morgan fingerprint density at radius 1 is 0.950 bits per heavy atom. The van der Waals surface area contributed by atoms with Gasteiger partial charge in [0, 0.05) is 47.6 Å². The van der Waals surface area contributed by atoms with Crippen LogP contribution in [0.25, 0.3) is 16.2 Å². The summed E-state index contributed by atoms with van der Waals surface area (Å²) in [5.74, 6) is 0.910. The van der Waals surface area contributed by atoms with Crippen LogP contribution in [0.2, 0.25) is 0 Å². The van der Waals surface area contributed by atoms with Crippen LogP contribution in [0.5, 0.6) is 5.75 Å². The normalized spacial score (nSPS) is 19.2. The zero-order valence-corrected chi connectivity index (χ0v) is 25.6. The van der Waals surface area contributed by atoms with Gasteiger partial charge in [-0.05, 0) is 60.0 Å². The second-order valence-corrected chi connectivity index (χ2v) is 12.1. The second kappa shape index (κ2) is 16.3. The fourth-order valence-electron chi connectivity index (χ4n) is 5.29. The monoisotopic (exact) mass is 564 g/mol. The summed E-state index contributed by atoms with van der Waals surface area (Å²) in [5, 5.41) is 1.30. The first-order valence-electron chi connectivity index (χ1n) is 15.4. The minimum absolute atomic E-state index is 0.0100. The minimum atomic E-state index is -0.100. The summed E-state index contributed by atoms with van der Waals surface area (Å²) in [6, 6.07) is 15.4. The van der Waals surface area contributed by atoms with Crippen LogP contribution in [0.1, 0.15) is 99.8 Å². The maximum absolute atomic E-state index is 6.75. The van der Waals surface area contributed by atoms with Gasteiger partial charge in [0.2, 0.25) is 0 Å². The van der Waals surface area contributed by atoms with Gasteiger partial charge in [0.25, 0.3) is 0 Å². The van der Waals surface area contributed by atoms with Crippen LogP contribution in [0.3, 0.4) is 0 Å². The predicted octanol–water partition coefficient (Wildman–Crippen LogP) is 9.54. The van der Waals surface area contributed by atoms with Gasteiger partial charge in [-0.3, -0.25) is 0 Å². The van der Waals surface area contributed by atoms with Gasteiger partial charge in [-0.15, -0.1) is 11.3 Å². The molecule has 3 aromatic rings. The van der Waals surface area contributed by atoms with Crippen LogP contribution >= 0.6 is 11.3 Å². The molecule has 2 heterocycles. The SMILES string of the molecule is C=Cc1cc(OCCCC)c([C@H]2C[C@@H](OCCCC)C[C@@H](COCCCC)O2)cc1Cc1cc2ccccc2s1. The van der Waals surface area contributed by atoms with E-state index in [2.05, 4.69) is 69.8 Å². The molecule has 0 unspecified atom stereocenters. The topological polar surface area (TPSA) is 36.9 Å². The molecule has 0 bridgehead atoms. The van der Waals surface area contributed by atoms with E-state index in [1.54, 1.807) is 0 Å². The Balaban J connectivity index is 1.63. The van der Waals surface area contributed by atoms with Gasteiger partial charge in [-0.2, -0.15) is 0 Å². The molecule has 0 saturated carbocycles. The predicted molar refractivity (Wildman–Crippen MR) is 169 cm³/mol. The number of benzene rings is 2. The molecule has 5 heteroatoms. The largest absolute Gasteiger partial charge is 0.493 e. The van der Waals surface area contributed by atoms with Crippen molar-refractivity contribution in [2.24, 2.45) is 0 Å². The molecule has 1 fully saturated rings. The van der Waals surface area contributed by atoms with Crippen LogP contribution in [-0.4, -0.2) is 38.6 Å². The molecule has 2 aromatic carbocycles. The first-order chi connectivity index (χ1) is 19.6. The molecule has 1 aliphatic rings. The number of hydrogen-bond acceptors (Lipinski definition) is 5. The molecule has 0 aliphatic carbocycles. The van der Waals surface area contributed by atoms with Crippen molar-refractivity contribution in [2.75, 3.05) is 26.4 Å². The summed E-state index contributed by atoms with van der Waals surface area (Å²) in [7, 11) is 0. The number of thiophene rings is 1. The van der Waals surface area contributed by atoms with Crippen molar-refractivity contribution in [1.82, 2.24) is 0 Å². The molecule has 1 aromatic heterocycles. The van der Waals surface area contributed by atoms with Crippen LogP contribution in [-0.2, 0) is 20.6 Å². The van der Waals surface area contributed by atoms with E-state index in [4.69, 9.17) is 18.9 Å². The Bertz CT molecular complexity index is 1150. The third-order valence-electron chi connectivity index (χ3n) is 7.59. The number of unbranched alkanes of at least 4 members (excludes halogenated alkanes) is 3. The molecule has 3 atom stereocenters. The summed E-state index contributed by atoms with van der Waals surface area (Å²) in [6.07, 6.45) is 11.1. The van der Waals surface area contributed by atoms with Crippen molar-refractivity contribution in [3.8, 4) is 5.75 Å². The lowest BCUT2D eigenvalue weighted by Gasteiger charge is -2.36. The Hall–Kier alpha value is -2.18. The van der Waals surface area contributed by atoms with E-state index in [0.717, 1.165) is 87.9 Å². The first kappa shape index (κ1) is 30.8. The standard InChI is InChI=1S/C35H48O4S/c1-5-9-16-36-25-30-23-29(37-17-10-6-2)24-34(39-30)32-21-28(26(8-4)22-33(32)38-18-11-7-3)20-31-19-27-14-12-13-15-35(27)40-31/h8,12-15,19,21-22,29-30,34H,4-7,9-11,16-18,20,23-25H2,1-3H3/t29-,30-,34+/m0/s1. The number of rotatable bonds is 17. The molecule has 40 heavy (non-hydrogen) atoms. The summed E-state index contributed by atoms with van der Waals surface area (Å²) < 4.78 is 26.9. The Labute approximate surface area is 245 Å². The maximum Gasteiger partial charge on any atom is 0.125 e.